The molecule has 5 heteroatoms. The third-order valence-corrected chi connectivity index (χ3v) is 3.04. The normalized spacial score (nSPS) is 11.2. The summed E-state index contributed by atoms with van der Waals surface area (Å²) in [6.07, 6.45) is 1.68. The van der Waals surface area contributed by atoms with E-state index in [0.717, 1.165) is 32.7 Å². The lowest BCUT2D eigenvalue weighted by molar-refractivity contribution is 0.535. The van der Waals surface area contributed by atoms with Crippen molar-refractivity contribution in [2.75, 3.05) is 5.73 Å². The van der Waals surface area contributed by atoms with Crippen LogP contribution in [-0.4, -0.2) is 9.97 Å². The third kappa shape index (κ3) is 1.72. The molecule has 2 heterocycles. The minimum Gasteiger partial charge on any atom is -0.469 e. The number of nitrogens with two attached hydrogens (primary N) is 1. The van der Waals surface area contributed by atoms with Gasteiger partial charge in [0.25, 0.3) is 0 Å². The highest BCUT2D eigenvalue weighted by atomic mass is 79.9. The van der Waals surface area contributed by atoms with Crippen molar-refractivity contribution >= 4 is 32.7 Å². The summed E-state index contributed by atoms with van der Waals surface area (Å²) < 4.78 is 6.20. The van der Waals surface area contributed by atoms with E-state index >= 15 is 0 Å². The van der Waals surface area contributed by atoms with E-state index in [1.54, 1.807) is 6.26 Å². The summed E-state index contributed by atoms with van der Waals surface area (Å²) in [4.78, 5) is 7.70. The fraction of sp³-hybridized carbons (Fsp3) is 0.0833. The Morgan fingerprint density at radius 3 is 2.88 bits per heavy atom. The van der Waals surface area contributed by atoms with Gasteiger partial charge in [-0.2, -0.15) is 0 Å². The monoisotopic (exact) mass is 291 g/mol. The Morgan fingerprint density at radius 2 is 2.18 bits per heavy atom. The van der Waals surface area contributed by atoms with Gasteiger partial charge in [-0.25, -0.2) is 4.98 Å². The van der Waals surface area contributed by atoms with Gasteiger partial charge >= 0.3 is 0 Å². The zero-order valence-corrected chi connectivity index (χ0v) is 10.7. The third-order valence-electron chi connectivity index (χ3n) is 2.58. The molecule has 0 saturated carbocycles. The largest absolute Gasteiger partial charge is 0.469 e. The van der Waals surface area contributed by atoms with Crippen molar-refractivity contribution < 1.29 is 4.42 Å². The highest BCUT2D eigenvalue weighted by Crippen LogP contribution is 2.28. The molecule has 0 fully saturated rings. The minimum atomic E-state index is 0.650. The molecule has 3 N–H and O–H groups in total. The SMILES string of the molecule is Cc1cc(-c2nc3c(N)cc(Br)cc3[nH]2)co1. The van der Waals surface area contributed by atoms with E-state index < -0.39 is 0 Å². The fourth-order valence-electron chi connectivity index (χ4n) is 1.81. The molecule has 0 saturated heterocycles. The molecular weight excluding hydrogens is 282 g/mol. The van der Waals surface area contributed by atoms with E-state index in [9.17, 15) is 0 Å². The molecule has 0 aliphatic rings. The summed E-state index contributed by atoms with van der Waals surface area (Å²) in [5, 5.41) is 0. The van der Waals surface area contributed by atoms with Gasteiger partial charge in [-0.15, -0.1) is 0 Å². The molecule has 86 valence electrons. The molecule has 3 rings (SSSR count). The number of aryl methyl sites for hydroxylation is 1. The number of hydrogen-bond donors (Lipinski definition) is 2. The van der Waals surface area contributed by atoms with Crippen LogP contribution in [0.1, 0.15) is 5.76 Å². The molecule has 0 radical (unpaired) electrons. The Bertz CT molecular complexity index is 699. The zero-order chi connectivity index (χ0) is 12.0. The second-order valence-corrected chi connectivity index (χ2v) is 4.84. The number of nitrogens with one attached hydrogen (secondary N) is 1. The van der Waals surface area contributed by atoms with Crippen molar-refractivity contribution in [3.8, 4) is 11.4 Å². The second-order valence-electron chi connectivity index (χ2n) is 3.92. The number of furan rings is 1. The number of fused-ring (bicyclic) bond motifs is 1. The number of nitrogen functional groups attached to an aromatic ring is 1. The Hall–Kier alpha value is -1.75. The first kappa shape index (κ1) is 10.4. The summed E-state index contributed by atoms with van der Waals surface area (Å²) in [6, 6.07) is 5.73. The quantitative estimate of drug-likeness (QED) is 0.675. The average Bonchev–Trinajstić information content (AvgIpc) is 2.83. The number of halogens is 1. The number of nitrogens with zero attached hydrogens (tertiary/aromatic N) is 1. The first-order valence-corrected chi connectivity index (χ1v) is 5.93. The van der Waals surface area contributed by atoms with E-state index in [-0.39, 0.29) is 0 Å². The number of rotatable bonds is 1. The van der Waals surface area contributed by atoms with Crippen LogP contribution >= 0.6 is 15.9 Å². The van der Waals surface area contributed by atoms with E-state index in [4.69, 9.17) is 10.2 Å². The summed E-state index contributed by atoms with van der Waals surface area (Å²) in [5.74, 6) is 1.62. The van der Waals surface area contributed by atoms with Crippen molar-refractivity contribution in [3.05, 3.63) is 34.7 Å². The van der Waals surface area contributed by atoms with Crippen molar-refractivity contribution in [1.82, 2.24) is 9.97 Å². The number of hydrogen-bond acceptors (Lipinski definition) is 3. The lowest BCUT2D eigenvalue weighted by Gasteiger charge is -1.94. The maximum absolute atomic E-state index is 5.92. The molecule has 0 bridgehead atoms. The first-order chi connectivity index (χ1) is 8.13. The minimum absolute atomic E-state index is 0.650. The molecule has 2 aromatic heterocycles. The first-order valence-electron chi connectivity index (χ1n) is 5.14. The smallest absolute Gasteiger partial charge is 0.141 e. The maximum Gasteiger partial charge on any atom is 0.141 e. The molecular formula is C12H10BrN3O. The van der Waals surface area contributed by atoms with Crippen LogP contribution < -0.4 is 5.73 Å². The fourth-order valence-corrected chi connectivity index (χ4v) is 2.29. The van der Waals surface area contributed by atoms with Crippen LogP contribution in [-0.2, 0) is 0 Å². The van der Waals surface area contributed by atoms with Crippen molar-refractivity contribution in [2.24, 2.45) is 0 Å². The van der Waals surface area contributed by atoms with E-state index in [2.05, 4.69) is 25.9 Å². The Balaban J connectivity index is 2.23. The van der Waals surface area contributed by atoms with Crippen LogP contribution in [0, 0.1) is 6.92 Å². The number of H-pyrrole nitrogens is 1. The summed E-state index contributed by atoms with van der Waals surface area (Å²) in [6.45, 7) is 1.90. The highest BCUT2D eigenvalue weighted by molar-refractivity contribution is 9.10. The van der Waals surface area contributed by atoms with Crippen LogP contribution in [0.2, 0.25) is 0 Å². The number of aromatic amines is 1. The summed E-state index contributed by atoms with van der Waals surface area (Å²) >= 11 is 3.41. The predicted molar refractivity (Wildman–Crippen MR) is 70.6 cm³/mol. The van der Waals surface area contributed by atoms with Gasteiger partial charge in [0.1, 0.15) is 23.4 Å². The van der Waals surface area contributed by atoms with Crippen LogP contribution in [0.15, 0.2) is 33.4 Å². The molecule has 0 amide bonds. The van der Waals surface area contributed by atoms with Gasteiger partial charge in [0.05, 0.1) is 16.8 Å². The van der Waals surface area contributed by atoms with Crippen LogP contribution in [0.4, 0.5) is 5.69 Å². The number of anilines is 1. The van der Waals surface area contributed by atoms with Crippen molar-refractivity contribution in [1.29, 1.82) is 0 Å². The van der Waals surface area contributed by atoms with Gasteiger partial charge in [0.15, 0.2) is 0 Å². The standard InChI is InChI=1S/C12H10BrN3O/c1-6-2-7(5-17-6)12-15-10-4-8(13)3-9(14)11(10)16-12/h2-5H,14H2,1H3,(H,15,16). The molecule has 17 heavy (non-hydrogen) atoms. The molecule has 4 nitrogen and oxygen atoms in total. The van der Waals surface area contributed by atoms with Gasteiger partial charge in [0.2, 0.25) is 0 Å². The second kappa shape index (κ2) is 3.63. The van der Waals surface area contributed by atoms with Crippen molar-refractivity contribution in [2.45, 2.75) is 6.92 Å². The molecule has 1 aromatic carbocycles. The molecule has 0 aliphatic carbocycles. The highest BCUT2D eigenvalue weighted by Gasteiger charge is 2.10. The number of benzene rings is 1. The Labute approximate surface area is 106 Å². The van der Waals surface area contributed by atoms with Crippen LogP contribution in [0.5, 0.6) is 0 Å². The topological polar surface area (TPSA) is 67.8 Å². The predicted octanol–water partition coefficient (Wildman–Crippen LogP) is 3.48. The lowest BCUT2D eigenvalue weighted by Crippen LogP contribution is -1.86. The molecule has 3 aromatic rings. The maximum atomic E-state index is 5.92. The summed E-state index contributed by atoms with van der Waals surface area (Å²) in [5.41, 5.74) is 9.18. The van der Waals surface area contributed by atoms with Crippen LogP contribution in [0.25, 0.3) is 22.4 Å². The lowest BCUT2D eigenvalue weighted by atomic mass is 10.3. The van der Waals surface area contributed by atoms with Gasteiger partial charge < -0.3 is 15.1 Å². The van der Waals surface area contributed by atoms with Gasteiger partial charge in [0, 0.05) is 4.47 Å². The van der Waals surface area contributed by atoms with Gasteiger partial charge in [-0.05, 0) is 25.1 Å². The molecule has 0 atom stereocenters. The van der Waals surface area contributed by atoms with Gasteiger partial charge in [-0.3, -0.25) is 0 Å². The van der Waals surface area contributed by atoms with Gasteiger partial charge in [-0.1, -0.05) is 15.9 Å². The summed E-state index contributed by atoms with van der Waals surface area (Å²) in [7, 11) is 0. The van der Waals surface area contributed by atoms with E-state index in [0.29, 0.717) is 5.69 Å². The molecule has 0 spiro atoms. The zero-order valence-electron chi connectivity index (χ0n) is 9.12. The molecule has 0 aliphatic heterocycles. The molecule has 0 unspecified atom stereocenters. The number of aromatic nitrogens is 2. The average molecular weight is 292 g/mol. The Morgan fingerprint density at radius 1 is 1.35 bits per heavy atom. The van der Waals surface area contributed by atoms with Crippen LogP contribution in [0.3, 0.4) is 0 Å². The van der Waals surface area contributed by atoms with Crippen molar-refractivity contribution in [3.63, 3.8) is 0 Å². The van der Waals surface area contributed by atoms with E-state index in [1.165, 1.54) is 0 Å². The number of imidazole rings is 1. The van der Waals surface area contributed by atoms with E-state index in [1.807, 2.05) is 25.1 Å². The Kier molecular flexibility index (Phi) is 2.22.